The third-order valence-corrected chi connectivity index (χ3v) is 6.17. The number of benzene rings is 1. The van der Waals surface area contributed by atoms with Crippen LogP contribution in [0.2, 0.25) is 0 Å². The minimum absolute atomic E-state index is 0.464. The van der Waals surface area contributed by atoms with Crippen molar-refractivity contribution in [2.24, 2.45) is 4.99 Å². The van der Waals surface area contributed by atoms with E-state index in [-0.39, 0.29) is 0 Å². The molecule has 122 valence electrons. The first-order valence-electron chi connectivity index (χ1n) is 8.49. The molecule has 4 rings (SSSR count). The second kappa shape index (κ2) is 5.95. The van der Waals surface area contributed by atoms with Crippen molar-refractivity contribution in [2.45, 2.75) is 56.9 Å². The van der Waals surface area contributed by atoms with Crippen LogP contribution in [0.3, 0.4) is 0 Å². The lowest BCUT2D eigenvalue weighted by Crippen LogP contribution is -2.27. The summed E-state index contributed by atoms with van der Waals surface area (Å²) in [6.07, 6.45) is 9.74. The van der Waals surface area contributed by atoms with Crippen molar-refractivity contribution in [1.29, 1.82) is 0 Å². The molecule has 23 heavy (non-hydrogen) atoms. The number of hydrogen-bond donors (Lipinski definition) is 0. The highest BCUT2D eigenvalue weighted by molar-refractivity contribution is 9.10. The minimum atomic E-state index is -0.464. The molecule has 0 amide bonds. The first-order valence-corrected chi connectivity index (χ1v) is 9.28. The minimum Gasteiger partial charge on any atom is -0.493 e. The summed E-state index contributed by atoms with van der Waals surface area (Å²) in [7, 11) is 0. The average molecular weight is 378 g/mol. The summed E-state index contributed by atoms with van der Waals surface area (Å²) < 4.78 is 13.1. The van der Waals surface area contributed by atoms with Crippen LogP contribution in [-0.2, 0) is 23.2 Å². The lowest BCUT2D eigenvalue weighted by molar-refractivity contribution is 0.258. The Hall–Kier alpha value is -1.32. The quantitative estimate of drug-likeness (QED) is 0.572. The number of fused-ring (bicyclic) bond motifs is 2. The maximum absolute atomic E-state index is 11.2. The second-order valence-corrected chi connectivity index (χ2v) is 7.44. The van der Waals surface area contributed by atoms with Gasteiger partial charge < -0.3 is 9.47 Å². The number of aliphatic imine (C=N–C) groups is 1. The van der Waals surface area contributed by atoms with E-state index in [0.29, 0.717) is 0 Å². The molecule has 3 aliphatic rings. The standard InChI is InChI=1S/C18H20BrNO3/c19-15-13-6-4-9-22-16(13)14(12-5-3-10-23-17(12)15)18(20-11-21)7-1-2-8-18/h1-10H2. The van der Waals surface area contributed by atoms with Gasteiger partial charge in [0.15, 0.2) is 0 Å². The van der Waals surface area contributed by atoms with E-state index in [4.69, 9.17) is 9.47 Å². The van der Waals surface area contributed by atoms with Gasteiger partial charge in [0, 0.05) is 16.7 Å². The van der Waals surface area contributed by atoms with Gasteiger partial charge in [-0.2, -0.15) is 4.99 Å². The number of isocyanates is 1. The molecule has 1 saturated carbocycles. The SMILES string of the molecule is O=C=NC1(c2c3c(c(Br)c4c2OCCC4)OCCC3)CCCC1. The third-order valence-electron chi connectivity index (χ3n) is 5.33. The van der Waals surface area contributed by atoms with Crippen LogP contribution in [0.1, 0.15) is 55.2 Å². The molecule has 5 heteroatoms. The van der Waals surface area contributed by atoms with Crippen LogP contribution < -0.4 is 9.47 Å². The van der Waals surface area contributed by atoms with Crippen LogP contribution in [0.5, 0.6) is 11.5 Å². The Morgan fingerprint density at radius 3 is 2.30 bits per heavy atom. The summed E-state index contributed by atoms with van der Waals surface area (Å²) in [5, 5.41) is 0. The van der Waals surface area contributed by atoms with Crippen molar-refractivity contribution in [2.75, 3.05) is 13.2 Å². The highest BCUT2D eigenvalue weighted by atomic mass is 79.9. The molecule has 0 bridgehead atoms. The van der Waals surface area contributed by atoms with E-state index in [0.717, 1.165) is 86.1 Å². The fourth-order valence-electron chi connectivity index (χ4n) is 4.35. The van der Waals surface area contributed by atoms with Gasteiger partial charge >= 0.3 is 0 Å². The largest absolute Gasteiger partial charge is 0.493 e. The molecule has 4 nitrogen and oxygen atoms in total. The third kappa shape index (κ3) is 2.33. The predicted molar refractivity (Wildman–Crippen MR) is 90.0 cm³/mol. The van der Waals surface area contributed by atoms with Crippen LogP contribution in [-0.4, -0.2) is 19.3 Å². The van der Waals surface area contributed by atoms with Crippen LogP contribution in [0.15, 0.2) is 9.47 Å². The highest BCUT2D eigenvalue weighted by Gasteiger charge is 2.43. The second-order valence-electron chi connectivity index (χ2n) is 6.65. The molecule has 1 aliphatic carbocycles. The number of carbonyl (C=O) groups excluding carboxylic acids is 1. The van der Waals surface area contributed by atoms with Crippen molar-refractivity contribution in [3.05, 3.63) is 21.2 Å². The topological polar surface area (TPSA) is 47.9 Å². The number of halogens is 1. The number of hydrogen-bond acceptors (Lipinski definition) is 4. The smallest absolute Gasteiger partial charge is 0.235 e. The molecule has 0 unspecified atom stereocenters. The molecule has 0 spiro atoms. The number of ether oxygens (including phenoxy) is 2. The average Bonchev–Trinajstić information content (AvgIpc) is 3.05. The first kappa shape index (κ1) is 15.2. The van der Waals surface area contributed by atoms with Crippen molar-refractivity contribution in [3.8, 4) is 11.5 Å². The van der Waals surface area contributed by atoms with Gasteiger partial charge in [-0.15, -0.1) is 0 Å². The molecular formula is C18H20BrNO3. The summed E-state index contributed by atoms with van der Waals surface area (Å²) in [5.74, 6) is 1.90. The lowest BCUT2D eigenvalue weighted by atomic mass is 9.80. The molecule has 0 atom stereocenters. The molecule has 2 heterocycles. The van der Waals surface area contributed by atoms with Gasteiger partial charge in [-0.3, -0.25) is 0 Å². The van der Waals surface area contributed by atoms with Crippen LogP contribution in [0.25, 0.3) is 0 Å². The Morgan fingerprint density at radius 1 is 0.957 bits per heavy atom. The molecule has 1 aromatic carbocycles. The maximum Gasteiger partial charge on any atom is 0.235 e. The Labute approximate surface area is 144 Å². The fraction of sp³-hybridized carbons (Fsp3) is 0.611. The fourth-order valence-corrected chi connectivity index (χ4v) is 5.08. The van der Waals surface area contributed by atoms with Gasteiger partial charge in [0.2, 0.25) is 6.08 Å². The zero-order chi connectivity index (χ0) is 15.9. The van der Waals surface area contributed by atoms with E-state index < -0.39 is 5.54 Å². The number of rotatable bonds is 2. The van der Waals surface area contributed by atoms with Crippen molar-refractivity contribution in [1.82, 2.24) is 0 Å². The van der Waals surface area contributed by atoms with Gasteiger partial charge in [-0.1, -0.05) is 12.8 Å². The predicted octanol–water partition coefficient (Wildman–Crippen LogP) is 4.20. The molecule has 2 aliphatic heterocycles. The van der Waals surface area contributed by atoms with Crippen LogP contribution in [0, 0.1) is 0 Å². The van der Waals surface area contributed by atoms with Gasteiger partial charge in [0.25, 0.3) is 0 Å². The summed E-state index contributed by atoms with van der Waals surface area (Å²) >= 11 is 3.74. The zero-order valence-corrected chi connectivity index (χ0v) is 14.7. The first-order chi connectivity index (χ1) is 11.3. The molecule has 1 aromatic rings. The molecule has 0 saturated heterocycles. The van der Waals surface area contributed by atoms with Crippen molar-refractivity contribution < 1.29 is 14.3 Å². The monoisotopic (exact) mass is 377 g/mol. The van der Waals surface area contributed by atoms with E-state index in [1.807, 2.05) is 6.08 Å². The van der Waals surface area contributed by atoms with E-state index in [1.165, 1.54) is 11.1 Å². The van der Waals surface area contributed by atoms with E-state index in [9.17, 15) is 4.79 Å². The Kier molecular flexibility index (Phi) is 3.94. The summed E-state index contributed by atoms with van der Waals surface area (Å²) in [4.78, 5) is 15.5. The zero-order valence-electron chi connectivity index (χ0n) is 13.1. The number of nitrogens with zero attached hydrogens (tertiary/aromatic N) is 1. The maximum atomic E-state index is 11.2. The molecule has 1 fully saturated rings. The van der Waals surface area contributed by atoms with E-state index in [2.05, 4.69) is 20.9 Å². The summed E-state index contributed by atoms with van der Waals surface area (Å²) in [6.45, 7) is 1.47. The van der Waals surface area contributed by atoms with Crippen LogP contribution >= 0.6 is 15.9 Å². The Bertz CT molecular complexity index is 651. The lowest BCUT2D eigenvalue weighted by Gasteiger charge is -2.35. The normalized spacial score (nSPS) is 21.4. The Morgan fingerprint density at radius 2 is 1.61 bits per heavy atom. The van der Waals surface area contributed by atoms with Gasteiger partial charge in [0.1, 0.15) is 17.0 Å². The van der Waals surface area contributed by atoms with E-state index in [1.54, 1.807) is 0 Å². The highest BCUT2D eigenvalue weighted by Crippen LogP contribution is 2.54. The molecule has 0 radical (unpaired) electrons. The van der Waals surface area contributed by atoms with Crippen molar-refractivity contribution >= 4 is 22.0 Å². The molecule has 0 aromatic heterocycles. The summed E-state index contributed by atoms with van der Waals surface area (Å²) in [5.41, 5.74) is 3.02. The van der Waals surface area contributed by atoms with Gasteiger partial charge in [0.05, 0.1) is 17.7 Å². The van der Waals surface area contributed by atoms with E-state index >= 15 is 0 Å². The molecular weight excluding hydrogens is 358 g/mol. The van der Waals surface area contributed by atoms with Crippen molar-refractivity contribution in [3.63, 3.8) is 0 Å². The van der Waals surface area contributed by atoms with Gasteiger partial charge in [-0.25, -0.2) is 4.79 Å². The van der Waals surface area contributed by atoms with Gasteiger partial charge in [-0.05, 0) is 54.5 Å². The van der Waals surface area contributed by atoms with Crippen LogP contribution in [0.4, 0.5) is 0 Å². The molecule has 0 N–H and O–H groups in total. The summed E-state index contributed by atoms with van der Waals surface area (Å²) in [6, 6.07) is 0. The Balaban J connectivity index is 2.02.